The van der Waals surface area contributed by atoms with Gasteiger partial charge >= 0.3 is 0 Å². The molecule has 1 aliphatic rings. The van der Waals surface area contributed by atoms with Crippen LogP contribution in [-0.4, -0.2) is 39.5 Å². The first-order chi connectivity index (χ1) is 11.9. The van der Waals surface area contributed by atoms with Crippen molar-refractivity contribution < 1.29 is 17.5 Å². The minimum absolute atomic E-state index is 0.151. The number of hydrogen-bond acceptors (Lipinski definition) is 4. The summed E-state index contributed by atoms with van der Waals surface area (Å²) < 4.78 is 47.1. The monoisotopic (exact) mass is 384 g/mol. The van der Waals surface area contributed by atoms with Gasteiger partial charge in [-0.3, -0.25) is 0 Å². The van der Waals surface area contributed by atoms with Gasteiger partial charge in [-0.1, -0.05) is 29.8 Å². The van der Waals surface area contributed by atoms with Crippen molar-refractivity contribution in [1.29, 1.82) is 0 Å². The molecule has 0 aliphatic carbocycles. The largest absolute Gasteiger partial charge is 0.496 e. The zero-order valence-electron chi connectivity index (χ0n) is 13.6. The summed E-state index contributed by atoms with van der Waals surface area (Å²) in [7, 11) is -2.49. The van der Waals surface area contributed by atoms with Gasteiger partial charge in [0, 0.05) is 30.2 Å². The molecule has 0 aromatic heterocycles. The maximum absolute atomic E-state index is 14.2. The maximum atomic E-state index is 14.2. The Morgan fingerprint density at radius 1 is 1.28 bits per heavy atom. The van der Waals surface area contributed by atoms with E-state index < -0.39 is 21.9 Å². The third kappa shape index (κ3) is 3.50. The lowest BCUT2D eigenvalue weighted by Gasteiger charge is -2.36. The highest BCUT2D eigenvalue weighted by Gasteiger charge is 2.37. The standard InChI is InChI=1S/C17H18ClFN2O3S/c1-24-16-5-3-2-4-13(16)15-11-20-8-9-21(15)25(22,23)17-7-6-12(18)10-14(17)19/h2-7,10,15,20H,8-9,11H2,1H3. The van der Waals surface area contributed by atoms with Crippen LogP contribution < -0.4 is 10.1 Å². The van der Waals surface area contributed by atoms with Crippen molar-refractivity contribution in [3.8, 4) is 5.75 Å². The van der Waals surface area contributed by atoms with Crippen LogP contribution in [0.3, 0.4) is 0 Å². The van der Waals surface area contributed by atoms with Gasteiger partial charge in [0.1, 0.15) is 16.5 Å². The molecule has 1 heterocycles. The van der Waals surface area contributed by atoms with Crippen molar-refractivity contribution in [2.75, 3.05) is 26.7 Å². The van der Waals surface area contributed by atoms with Crippen LogP contribution in [0.25, 0.3) is 0 Å². The van der Waals surface area contributed by atoms with E-state index in [-0.39, 0.29) is 16.5 Å². The van der Waals surface area contributed by atoms with Gasteiger partial charge in [-0.05, 0) is 24.3 Å². The first-order valence-corrected chi connectivity index (χ1v) is 9.57. The molecule has 3 rings (SSSR count). The Balaban J connectivity index is 2.06. The fraction of sp³-hybridized carbons (Fsp3) is 0.294. The summed E-state index contributed by atoms with van der Waals surface area (Å²) in [4.78, 5) is -0.376. The molecule has 8 heteroatoms. The molecular weight excluding hydrogens is 367 g/mol. The van der Waals surface area contributed by atoms with Gasteiger partial charge in [0.2, 0.25) is 10.0 Å². The van der Waals surface area contributed by atoms with Gasteiger partial charge < -0.3 is 10.1 Å². The summed E-state index contributed by atoms with van der Waals surface area (Å²) in [6, 6.07) is 10.3. The lowest BCUT2D eigenvalue weighted by molar-refractivity contribution is 0.264. The summed E-state index contributed by atoms with van der Waals surface area (Å²) in [5.41, 5.74) is 0.732. The number of para-hydroxylation sites is 1. The Bertz CT molecular complexity index is 876. The zero-order chi connectivity index (χ0) is 18.0. The minimum Gasteiger partial charge on any atom is -0.496 e. The smallest absolute Gasteiger partial charge is 0.246 e. The van der Waals surface area contributed by atoms with Crippen molar-refractivity contribution in [2.24, 2.45) is 0 Å². The van der Waals surface area contributed by atoms with E-state index in [0.29, 0.717) is 18.8 Å². The van der Waals surface area contributed by atoms with Gasteiger partial charge in [-0.2, -0.15) is 4.31 Å². The van der Waals surface area contributed by atoms with Crippen molar-refractivity contribution in [3.63, 3.8) is 0 Å². The van der Waals surface area contributed by atoms with E-state index in [1.165, 1.54) is 23.5 Å². The van der Waals surface area contributed by atoms with Crippen LogP contribution in [-0.2, 0) is 10.0 Å². The molecule has 0 radical (unpaired) electrons. The molecule has 0 spiro atoms. The number of halogens is 2. The Labute approximate surface area is 151 Å². The normalized spacial score (nSPS) is 18.9. The molecule has 1 fully saturated rings. The Morgan fingerprint density at radius 2 is 2.04 bits per heavy atom. The van der Waals surface area contributed by atoms with Gasteiger partial charge in [-0.15, -0.1) is 0 Å². The number of nitrogens with zero attached hydrogens (tertiary/aromatic N) is 1. The van der Waals surface area contributed by atoms with E-state index in [4.69, 9.17) is 16.3 Å². The van der Waals surface area contributed by atoms with Crippen molar-refractivity contribution >= 4 is 21.6 Å². The Kier molecular flexibility index (Phi) is 5.29. The molecule has 1 N–H and O–H groups in total. The number of sulfonamides is 1. The van der Waals surface area contributed by atoms with Crippen LogP contribution in [0.15, 0.2) is 47.4 Å². The Hall–Kier alpha value is -1.67. The molecule has 0 bridgehead atoms. The number of hydrogen-bond donors (Lipinski definition) is 1. The number of ether oxygens (including phenoxy) is 1. The highest BCUT2D eigenvalue weighted by Crippen LogP contribution is 2.34. The minimum atomic E-state index is -4.03. The molecule has 1 aliphatic heterocycles. The van der Waals surface area contributed by atoms with Crippen molar-refractivity contribution in [1.82, 2.24) is 9.62 Å². The summed E-state index contributed by atoms with van der Waals surface area (Å²) in [6.07, 6.45) is 0. The van der Waals surface area contributed by atoms with Crippen molar-refractivity contribution in [3.05, 3.63) is 58.9 Å². The second kappa shape index (κ2) is 7.29. The summed E-state index contributed by atoms with van der Waals surface area (Å²) in [6.45, 7) is 1.13. The van der Waals surface area contributed by atoms with Crippen LogP contribution in [0.5, 0.6) is 5.75 Å². The molecule has 0 amide bonds. The maximum Gasteiger partial charge on any atom is 0.246 e. The van der Waals surface area contributed by atoms with E-state index in [1.54, 1.807) is 6.07 Å². The number of rotatable bonds is 4. The molecule has 134 valence electrons. The van der Waals surface area contributed by atoms with E-state index in [9.17, 15) is 12.8 Å². The fourth-order valence-corrected chi connectivity index (χ4v) is 4.80. The van der Waals surface area contributed by atoms with E-state index in [1.807, 2.05) is 18.2 Å². The molecule has 25 heavy (non-hydrogen) atoms. The SMILES string of the molecule is COc1ccccc1C1CNCCN1S(=O)(=O)c1ccc(Cl)cc1F. The predicted molar refractivity (Wildman–Crippen MR) is 93.9 cm³/mol. The molecule has 2 aromatic rings. The van der Waals surface area contributed by atoms with E-state index >= 15 is 0 Å². The van der Waals surface area contributed by atoms with E-state index in [2.05, 4.69) is 5.32 Å². The lowest BCUT2D eigenvalue weighted by atomic mass is 10.0. The third-order valence-electron chi connectivity index (χ3n) is 4.17. The lowest BCUT2D eigenvalue weighted by Crippen LogP contribution is -2.48. The second-order valence-corrected chi connectivity index (χ2v) is 7.95. The highest BCUT2D eigenvalue weighted by atomic mass is 35.5. The van der Waals surface area contributed by atoms with Gasteiger partial charge in [0.25, 0.3) is 0 Å². The number of piperazine rings is 1. The van der Waals surface area contributed by atoms with Crippen LogP contribution in [0.4, 0.5) is 4.39 Å². The molecule has 2 aromatic carbocycles. The average Bonchev–Trinajstić information content (AvgIpc) is 2.61. The topological polar surface area (TPSA) is 58.6 Å². The van der Waals surface area contributed by atoms with Crippen molar-refractivity contribution in [2.45, 2.75) is 10.9 Å². The third-order valence-corrected chi connectivity index (χ3v) is 6.35. The molecule has 1 unspecified atom stereocenters. The fourth-order valence-electron chi connectivity index (χ4n) is 2.99. The number of benzene rings is 2. The summed E-state index contributed by atoms with van der Waals surface area (Å²) in [5, 5.41) is 3.34. The molecule has 1 saturated heterocycles. The van der Waals surface area contributed by atoms with E-state index in [0.717, 1.165) is 11.6 Å². The number of nitrogens with one attached hydrogen (secondary N) is 1. The van der Waals surface area contributed by atoms with Crippen LogP contribution in [0.1, 0.15) is 11.6 Å². The molecule has 5 nitrogen and oxygen atoms in total. The average molecular weight is 385 g/mol. The zero-order valence-corrected chi connectivity index (χ0v) is 15.1. The van der Waals surface area contributed by atoms with Crippen LogP contribution >= 0.6 is 11.6 Å². The second-order valence-electron chi connectivity index (χ2n) is 5.65. The van der Waals surface area contributed by atoms with Gasteiger partial charge in [0.05, 0.1) is 13.2 Å². The molecule has 1 atom stereocenters. The Morgan fingerprint density at radius 3 is 2.76 bits per heavy atom. The predicted octanol–water partition coefficient (Wildman–Crippen LogP) is 2.82. The van der Waals surface area contributed by atoms with Gasteiger partial charge in [0.15, 0.2) is 0 Å². The first kappa shape index (κ1) is 18.1. The summed E-state index contributed by atoms with van der Waals surface area (Å²) in [5.74, 6) is -0.266. The van der Waals surface area contributed by atoms with Crippen LogP contribution in [0.2, 0.25) is 5.02 Å². The number of methoxy groups -OCH3 is 1. The molecular formula is C17H18ClFN2O3S. The summed E-state index contributed by atoms with van der Waals surface area (Å²) >= 11 is 5.74. The molecule has 0 saturated carbocycles. The van der Waals surface area contributed by atoms with Gasteiger partial charge in [-0.25, -0.2) is 12.8 Å². The quantitative estimate of drug-likeness (QED) is 0.880. The first-order valence-electron chi connectivity index (χ1n) is 7.75. The van der Waals surface area contributed by atoms with Crippen LogP contribution in [0, 0.1) is 5.82 Å². The highest BCUT2D eigenvalue weighted by molar-refractivity contribution is 7.89.